The highest BCUT2D eigenvalue weighted by Crippen LogP contribution is 1.93. The summed E-state index contributed by atoms with van der Waals surface area (Å²) in [6.45, 7) is 4.92. The van der Waals surface area contributed by atoms with Crippen molar-refractivity contribution in [3.05, 3.63) is 12.2 Å². The maximum absolute atomic E-state index is 8.40. The molecule has 0 saturated carbocycles. The van der Waals surface area contributed by atoms with Crippen LogP contribution in [0.2, 0.25) is 0 Å². The molecule has 0 aromatic rings. The Morgan fingerprint density at radius 3 is 2.80 bits per heavy atom. The maximum atomic E-state index is 8.40. The van der Waals surface area contributed by atoms with Gasteiger partial charge in [-0.05, 0) is 13.3 Å². The third-order valence-corrected chi connectivity index (χ3v) is 1.10. The molecule has 10 heavy (non-hydrogen) atoms. The Hall–Kier alpha value is -0.340. The van der Waals surface area contributed by atoms with Crippen LogP contribution in [-0.4, -0.2) is 24.4 Å². The predicted octanol–water partition coefficient (Wildman–Crippen LogP) is 1.35. The van der Waals surface area contributed by atoms with E-state index in [1.165, 1.54) is 0 Å². The molecular weight excluding hydrogens is 128 g/mol. The van der Waals surface area contributed by atoms with E-state index in [0.29, 0.717) is 0 Å². The van der Waals surface area contributed by atoms with Gasteiger partial charge in [0, 0.05) is 6.61 Å². The number of hydrogen-bond acceptors (Lipinski definition) is 2. The lowest BCUT2D eigenvalue weighted by Gasteiger charge is -2.05. The molecule has 0 aromatic carbocycles. The van der Waals surface area contributed by atoms with Gasteiger partial charge in [0.2, 0.25) is 0 Å². The van der Waals surface area contributed by atoms with Crippen LogP contribution in [0.25, 0.3) is 0 Å². The van der Waals surface area contributed by atoms with Crippen molar-refractivity contribution in [2.24, 2.45) is 0 Å². The second kappa shape index (κ2) is 6.78. The van der Waals surface area contributed by atoms with Gasteiger partial charge in [-0.25, -0.2) is 0 Å². The summed E-state index contributed by atoms with van der Waals surface area (Å²) in [6.07, 6.45) is 4.72. The number of aliphatic hydroxyl groups is 1. The van der Waals surface area contributed by atoms with Gasteiger partial charge in [-0.2, -0.15) is 0 Å². The monoisotopic (exact) mass is 144 g/mol. The second-order valence-corrected chi connectivity index (χ2v) is 2.19. The Bertz CT molecular complexity index is 89.3. The zero-order valence-corrected chi connectivity index (χ0v) is 6.71. The summed E-state index contributed by atoms with van der Waals surface area (Å²) in [4.78, 5) is 0. The van der Waals surface area contributed by atoms with Crippen molar-refractivity contribution in [3.63, 3.8) is 0 Å². The number of rotatable bonds is 5. The van der Waals surface area contributed by atoms with E-state index >= 15 is 0 Å². The van der Waals surface area contributed by atoms with Crippen LogP contribution in [0.5, 0.6) is 0 Å². The molecule has 0 heterocycles. The molecule has 0 radical (unpaired) electrons. The van der Waals surface area contributed by atoms with Gasteiger partial charge in [-0.3, -0.25) is 0 Å². The van der Waals surface area contributed by atoms with Gasteiger partial charge in [0.25, 0.3) is 0 Å². The lowest BCUT2D eigenvalue weighted by Crippen LogP contribution is -2.04. The Kier molecular flexibility index (Phi) is 6.55. The van der Waals surface area contributed by atoms with Gasteiger partial charge in [0.15, 0.2) is 0 Å². The lowest BCUT2D eigenvalue weighted by molar-refractivity contribution is 0.0976. The molecule has 0 aliphatic heterocycles. The molecule has 0 rings (SSSR count). The van der Waals surface area contributed by atoms with E-state index in [0.717, 1.165) is 13.0 Å². The first kappa shape index (κ1) is 9.66. The van der Waals surface area contributed by atoms with Gasteiger partial charge in [0.1, 0.15) is 0 Å². The van der Waals surface area contributed by atoms with Crippen LogP contribution < -0.4 is 0 Å². The fourth-order valence-electron chi connectivity index (χ4n) is 0.612. The van der Waals surface area contributed by atoms with Crippen LogP contribution in [0.4, 0.5) is 0 Å². The molecule has 0 spiro atoms. The van der Waals surface area contributed by atoms with Crippen molar-refractivity contribution >= 4 is 0 Å². The number of ether oxygens (including phenoxy) is 1. The van der Waals surface area contributed by atoms with Crippen LogP contribution in [0, 0.1) is 0 Å². The molecule has 0 amide bonds. The van der Waals surface area contributed by atoms with E-state index < -0.39 is 0 Å². The summed E-state index contributed by atoms with van der Waals surface area (Å²) < 4.78 is 5.30. The first-order valence-corrected chi connectivity index (χ1v) is 3.70. The molecule has 2 nitrogen and oxygen atoms in total. The highest BCUT2D eigenvalue weighted by molar-refractivity contribution is 4.86. The summed E-state index contributed by atoms with van der Waals surface area (Å²) in [5.41, 5.74) is 0. The average molecular weight is 144 g/mol. The third-order valence-electron chi connectivity index (χ3n) is 1.10. The minimum atomic E-state index is 0.0970. The predicted molar refractivity (Wildman–Crippen MR) is 41.9 cm³/mol. The lowest BCUT2D eigenvalue weighted by atomic mass is 10.3. The second-order valence-electron chi connectivity index (χ2n) is 2.19. The van der Waals surface area contributed by atoms with Crippen LogP contribution in [0.15, 0.2) is 12.2 Å². The van der Waals surface area contributed by atoms with E-state index in [4.69, 9.17) is 9.84 Å². The van der Waals surface area contributed by atoms with Crippen molar-refractivity contribution in [2.45, 2.75) is 26.4 Å². The Morgan fingerprint density at radius 2 is 2.30 bits per heavy atom. The Labute approximate surface area is 62.5 Å². The number of hydrogen-bond donors (Lipinski definition) is 1. The largest absolute Gasteiger partial charge is 0.392 e. The maximum Gasteiger partial charge on any atom is 0.0728 e. The summed E-state index contributed by atoms with van der Waals surface area (Å²) >= 11 is 0. The molecule has 0 aromatic heterocycles. The van der Waals surface area contributed by atoms with Crippen LogP contribution >= 0.6 is 0 Å². The zero-order chi connectivity index (χ0) is 7.82. The van der Waals surface area contributed by atoms with E-state index in [1.54, 1.807) is 6.08 Å². The zero-order valence-electron chi connectivity index (χ0n) is 6.71. The minimum absolute atomic E-state index is 0.0970. The molecule has 0 saturated heterocycles. The molecule has 0 bridgehead atoms. The van der Waals surface area contributed by atoms with E-state index in [1.807, 2.05) is 13.0 Å². The molecule has 0 fully saturated rings. The van der Waals surface area contributed by atoms with Crippen LogP contribution in [-0.2, 0) is 4.74 Å². The Morgan fingerprint density at radius 1 is 1.60 bits per heavy atom. The smallest absolute Gasteiger partial charge is 0.0728 e. The van der Waals surface area contributed by atoms with Crippen molar-refractivity contribution in [1.82, 2.24) is 0 Å². The molecular formula is C8H16O2. The number of aliphatic hydroxyl groups excluding tert-OH is 1. The summed E-state index contributed by atoms with van der Waals surface area (Å²) in [7, 11) is 0. The summed E-state index contributed by atoms with van der Waals surface area (Å²) in [5.74, 6) is 0. The molecule has 0 aliphatic rings. The highest BCUT2D eigenvalue weighted by atomic mass is 16.5. The normalized spacial score (nSPS) is 14.3. The van der Waals surface area contributed by atoms with Crippen LogP contribution in [0.3, 0.4) is 0 Å². The van der Waals surface area contributed by atoms with Gasteiger partial charge in [0.05, 0.1) is 12.7 Å². The minimum Gasteiger partial charge on any atom is -0.392 e. The van der Waals surface area contributed by atoms with Gasteiger partial charge < -0.3 is 9.84 Å². The first-order chi connectivity index (χ1) is 4.81. The van der Waals surface area contributed by atoms with Gasteiger partial charge >= 0.3 is 0 Å². The van der Waals surface area contributed by atoms with Crippen molar-refractivity contribution in [3.8, 4) is 0 Å². The van der Waals surface area contributed by atoms with Crippen molar-refractivity contribution in [2.75, 3.05) is 13.2 Å². The summed E-state index contributed by atoms with van der Waals surface area (Å²) in [5, 5.41) is 8.40. The molecule has 0 aliphatic carbocycles. The SMILES string of the molecule is CCCO[C@@H](C)/C=C/CO. The van der Waals surface area contributed by atoms with Gasteiger partial charge in [-0.15, -0.1) is 0 Å². The molecule has 1 atom stereocenters. The summed E-state index contributed by atoms with van der Waals surface area (Å²) in [6, 6.07) is 0. The third kappa shape index (κ3) is 5.79. The van der Waals surface area contributed by atoms with E-state index in [2.05, 4.69) is 6.92 Å². The fourth-order valence-corrected chi connectivity index (χ4v) is 0.612. The quantitative estimate of drug-likeness (QED) is 0.590. The molecule has 2 heteroatoms. The first-order valence-electron chi connectivity index (χ1n) is 3.70. The average Bonchev–Trinajstić information content (AvgIpc) is 1.97. The molecule has 0 unspecified atom stereocenters. The standard InChI is InChI=1S/C8H16O2/c1-3-7-10-8(2)5-4-6-9/h4-5,8-9H,3,6-7H2,1-2H3/b5-4+/t8-/m0/s1. The van der Waals surface area contributed by atoms with Gasteiger partial charge in [-0.1, -0.05) is 19.1 Å². The highest BCUT2D eigenvalue weighted by Gasteiger charge is 1.92. The van der Waals surface area contributed by atoms with E-state index in [9.17, 15) is 0 Å². The van der Waals surface area contributed by atoms with Crippen molar-refractivity contribution < 1.29 is 9.84 Å². The van der Waals surface area contributed by atoms with Crippen molar-refractivity contribution in [1.29, 1.82) is 0 Å². The fraction of sp³-hybridized carbons (Fsp3) is 0.750. The van der Waals surface area contributed by atoms with E-state index in [-0.39, 0.29) is 12.7 Å². The molecule has 1 N–H and O–H groups in total. The molecule has 60 valence electrons. The topological polar surface area (TPSA) is 29.5 Å². The van der Waals surface area contributed by atoms with Crippen LogP contribution in [0.1, 0.15) is 20.3 Å². The Balaban J connectivity index is 3.24.